The Hall–Kier alpha value is -2.40. The smallest absolute Gasteiger partial charge is 0.252 e. The molecule has 20 heavy (non-hydrogen) atoms. The maximum atomic E-state index is 13.9. The lowest BCUT2D eigenvalue weighted by atomic mass is 10.1. The molecule has 0 bridgehead atoms. The van der Waals surface area contributed by atoms with Crippen LogP contribution in [0.25, 0.3) is 0 Å². The number of aliphatic hydroxyl groups excluding tert-OH is 1. The predicted octanol–water partition coefficient (Wildman–Crippen LogP) is 2.77. The fourth-order valence-electron chi connectivity index (χ4n) is 1.74. The maximum absolute atomic E-state index is 13.9. The summed E-state index contributed by atoms with van der Waals surface area (Å²) in [5.41, 5.74) is 5.84. The van der Waals surface area contributed by atoms with Gasteiger partial charge in [0.25, 0.3) is 5.91 Å². The van der Waals surface area contributed by atoms with Crippen molar-refractivity contribution in [2.45, 2.75) is 13.0 Å². The van der Waals surface area contributed by atoms with Crippen molar-refractivity contribution in [2.75, 3.05) is 0 Å². The van der Waals surface area contributed by atoms with Crippen molar-refractivity contribution in [3.05, 3.63) is 59.4 Å². The fourth-order valence-corrected chi connectivity index (χ4v) is 1.74. The summed E-state index contributed by atoms with van der Waals surface area (Å²) in [6.45, 7) is 1.54. The molecule has 0 saturated heterocycles. The molecule has 5 heteroatoms. The Balaban J connectivity index is 2.33. The summed E-state index contributed by atoms with van der Waals surface area (Å²) >= 11 is 0. The Morgan fingerprint density at radius 3 is 2.55 bits per heavy atom. The Labute approximate surface area is 115 Å². The number of amides is 1. The van der Waals surface area contributed by atoms with E-state index in [0.29, 0.717) is 5.56 Å². The van der Waals surface area contributed by atoms with Crippen LogP contribution in [0.5, 0.6) is 11.5 Å². The number of nitrogens with two attached hydrogens (primary N) is 1. The van der Waals surface area contributed by atoms with Gasteiger partial charge in [0.1, 0.15) is 5.75 Å². The molecule has 3 N–H and O–H groups in total. The van der Waals surface area contributed by atoms with Crippen LogP contribution in [0.1, 0.15) is 28.9 Å². The molecule has 0 radical (unpaired) electrons. The van der Waals surface area contributed by atoms with Gasteiger partial charge in [-0.2, -0.15) is 0 Å². The standard InChI is InChI=1S/C15H14FNO3/c1-9(18)10-6-7-14(12(16)8-10)20-13-5-3-2-4-11(13)15(17)19/h2-9,18H,1H3,(H2,17,19)/t9-/m1/s1. The van der Waals surface area contributed by atoms with E-state index in [1.807, 2.05) is 0 Å². The van der Waals surface area contributed by atoms with Crippen LogP contribution in [0, 0.1) is 5.82 Å². The zero-order valence-electron chi connectivity index (χ0n) is 10.8. The molecular weight excluding hydrogens is 261 g/mol. The fraction of sp³-hybridized carbons (Fsp3) is 0.133. The molecule has 0 aromatic heterocycles. The number of hydrogen-bond acceptors (Lipinski definition) is 3. The van der Waals surface area contributed by atoms with Crippen molar-refractivity contribution >= 4 is 5.91 Å². The van der Waals surface area contributed by atoms with E-state index in [9.17, 15) is 14.3 Å². The van der Waals surface area contributed by atoms with E-state index < -0.39 is 17.8 Å². The van der Waals surface area contributed by atoms with Crippen LogP contribution in [0.4, 0.5) is 4.39 Å². The molecule has 2 aromatic carbocycles. The van der Waals surface area contributed by atoms with E-state index in [4.69, 9.17) is 10.5 Å². The van der Waals surface area contributed by atoms with Crippen LogP contribution in [0.3, 0.4) is 0 Å². The number of ether oxygens (including phenoxy) is 1. The van der Waals surface area contributed by atoms with Gasteiger partial charge in [-0.1, -0.05) is 18.2 Å². The highest BCUT2D eigenvalue weighted by Gasteiger charge is 2.13. The lowest BCUT2D eigenvalue weighted by molar-refractivity contribution is 0.0998. The minimum Gasteiger partial charge on any atom is -0.453 e. The molecule has 0 saturated carbocycles. The second-order valence-corrected chi connectivity index (χ2v) is 4.33. The number of primary amides is 1. The summed E-state index contributed by atoms with van der Waals surface area (Å²) in [4.78, 5) is 11.3. The summed E-state index contributed by atoms with van der Waals surface area (Å²) in [5, 5.41) is 9.38. The number of para-hydroxylation sites is 1. The topological polar surface area (TPSA) is 72.6 Å². The predicted molar refractivity (Wildman–Crippen MR) is 72.1 cm³/mol. The van der Waals surface area contributed by atoms with Crippen LogP contribution in [-0.4, -0.2) is 11.0 Å². The molecule has 0 fully saturated rings. The van der Waals surface area contributed by atoms with Gasteiger partial charge in [0.2, 0.25) is 0 Å². The second-order valence-electron chi connectivity index (χ2n) is 4.33. The molecule has 0 aliphatic heterocycles. The van der Waals surface area contributed by atoms with Gasteiger partial charge in [-0.05, 0) is 36.8 Å². The maximum Gasteiger partial charge on any atom is 0.252 e. The van der Waals surface area contributed by atoms with E-state index in [1.165, 1.54) is 31.2 Å². The lowest BCUT2D eigenvalue weighted by Gasteiger charge is -2.11. The first kappa shape index (κ1) is 14.0. The van der Waals surface area contributed by atoms with E-state index >= 15 is 0 Å². The average Bonchev–Trinajstić information content (AvgIpc) is 2.41. The molecule has 0 spiro atoms. The molecule has 2 rings (SSSR count). The van der Waals surface area contributed by atoms with Gasteiger partial charge in [-0.15, -0.1) is 0 Å². The first-order chi connectivity index (χ1) is 9.49. The van der Waals surface area contributed by atoms with Gasteiger partial charge < -0.3 is 15.6 Å². The number of halogens is 1. The van der Waals surface area contributed by atoms with Gasteiger partial charge in [0, 0.05) is 0 Å². The van der Waals surface area contributed by atoms with Crippen LogP contribution >= 0.6 is 0 Å². The third-order valence-electron chi connectivity index (χ3n) is 2.81. The van der Waals surface area contributed by atoms with Gasteiger partial charge >= 0.3 is 0 Å². The number of benzene rings is 2. The SMILES string of the molecule is C[C@@H](O)c1ccc(Oc2ccccc2C(N)=O)c(F)c1. The second kappa shape index (κ2) is 5.71. The van der Waals surface area contributed by atoms with E-state index in [-0.39, 0.29) is 17.1 Å². The van der Waals surface area contributed by atoms with Crippen LogP contribution in [0.15, 0.2) is 42.5 Å². The first-order valence-electron chi connectivity index (χ1n) is 6.03. The van der Waals surface area contributed by atoms with Crippen LogP contribution in [0.2, 0.25) is 0 Å². The minimum absolute atomic E-state index is 0.0388. The lowest BCUT2D eigenvalue weighted by Crippen LogP contribution is -2.12. The van der Waals surface area contributed by atoms with Gasteiger partial charge in [-0.25, -0.2) is 4.39 Å². The molecule has 1 atom stereocenters. The molecule has 0 aliphatic rings. The largest absolute Gasteiger partial charge is 0.453 e. The highest BCUT2D eigenvalue weighted by molar-refractivity contribution is 5.95. The van der Waals surface area contributed by atoms with Gasteiger partial charge in [0.05, 0.1) is 11.7 Å². The monoisotopic (exact) mass is 275 g/mol. The number of carbonyl (C=O) groups excluding carboxylic acids is 1. The normalized spacial score (nSPS) is 11.9. The number of hydrogen-bond donors (Lipinski definition) is 2. The number of carbonyl (C=O) groups is 1. The summed E-state index contributed by atoms with van der Waals surface area (Å²) in [6.07, 6.45) is -0.767. The molecule has 0 aliphatic carbocycles. The summed E-state index contributed by atoms with van der Waals surface area (Å²) < 4.78 is 19.3. The molecule has 0 unspecified atom stereocenters. The van der Waals surface area contributed by atoms with Crippen molar-refractivity contribution in [2.24, 2.45) is 5.73 Å². The van der Waals surface area contributed by atoms with Crippen molar-refractivity contribution in [3.8, 4) is 11.5 Å². The zero-order valence-corrected chi connectivity index (χ0v) is 10.8. The average molecular weight is 275 g/mol. The molecular formula is C15H14FNO3. The van der Waals surface area contributed by atoms with Crippen molar-refractivity contribution in [1.82, 2.24) is 0 Å². The van der Waals surface area contributed by atoms with E-state index in [2.05, 4.69) is 0 Å². The summed E-state index contributed by atoms with van der Waals surface area (Å²) in [7, 11) is 0. The highest BCUT2D eigenvalue weighted by Crippen LogP contribution is 2.29. The van der Waals surface area contributed by atoms with Crippen LogP contribution < -0.4 is 10.5 Å². The highest BCUT2D eigenvalue weighted by atomic mass is 19.1. The Morgan fingerprint density at radius 1 is 1.25 bits per heavy atom. The van der Waals surface area contributed by atoms with E-state index in [1.54, 1.807) is 18.2 Å². The van der Waals surface area contributed by atoms with Crippen LogP contribution in [-0.2, 0) is 0 Å². The summed E-state index contributed by atoms with van der Waals surface area (Å²) in [5.74, 6) is -1.13. The van der Waals surface area contributed by atoms with E-state index in [0.717, 1.165) is 0 Å². The first-order valence-corrected chi connectivity index (χ1v) is 6.03. The number of aliphatic hydroxyl groups is 1. The van der Waals surface area contributed by atoms with Gasteiger partial charge in [0.15, 0.2) is 11.6 Å². The van der Waals surface area contributed by atoms with Crippen molar-refractivity contribution in [1.29, 1.82) is 0 Å². The summed E-state index contributed by atoms with van der Waals surface area (Å²) in [6, 6.07) is 10.5. The minimum atomic E-state index is -0.767. The molecule has 1 amide bonds. The molecule has 2 aromatic rings. The Bertz CT molecular complexity index is 641. The third kappa shape index (κ3) is 2.95. The Kier molecular flexibility index (Phi) is 4.00. The molecule has 4 nitrogen and oxygen atoms in total. The Morgan fingerprint density at radius 2 is 1.95 bits per heavy atom. The zero-order chi connectivity index (χ0) is 14.7. The third-order valence-corrected chi connectivity index (χ3v) is 2.81. The van der Waals surface area contributed by atoms with Crippen molar-refractivity contribution < 1.29 is 19.0 Å². The number of rotatable bonds is 4. The van der Waals surface area contributed by atoms with Gasteiger partial charge in [-0.3, -0.25) is 4.79 Å². The van der Waals surface area contributed by atoms with Crippen molar-refractivity contribution in [3.63, 3.8) is 0 Å². The molecule has 104 valence electrons. The molecule has 0 heterocycles. The quantitative estimate of drug-likeness (QED) is 0.901.